The lowest BCUT2D eigenvalue weighted by Crippen LogP contribution is -2.40. The average molecular weight is 645 g/mol. The normalized spacial score (nSPS) is 24.2. The van der Waals surface area contributed by atoms with Crippen molar-refractivity contribution in [2.75, 3.05) is 31.3 Å². The number of hydrogen-bond donors (Lipinski definition) is 5. The van der Waals surface area contributed by atoms with Gasteiger partial charge in [-0.1, -0.05) is 42.1 Å². The number of nitrogen functional groups attached to an aromatic ring is 1. The van der Waals surface area contributed by atoms with E-state index in [1.807, 2.05) is 30.3 Å². The number of carbonyl (C=O) groups excluding carboxylic acids is 1. The molecule has 2 aromatic heterocycles. The molecular weight excluding hydrogens is 611 g/mol. The molecule has 1 fully saturated rings. The first-order valence-corrected chi connectivity index (χ1v) is 15.9. The number of aromatic amines is 1. The lowest BCUT2D eigenvalue weighted by Gasteiger charge is -2.26. The number of H-pyrrole nitrogens is 1. The summed E-state index contributed by atoms with van der Waals surface area (Å²) in [5.41, 5.74) is 5.16. The van der Waals surface area contributed by atoms with Gasteiger partial charge < -0.3 is 20.7 Å². The van der Waals surface area contributed by atoms with E-state index in [-0.39, 0.29) is 54.3 Å². The van der Waals surface area contributed by atoms with Crippen LogP contribution in [0.25, 0.3) is 11.2 Å². The van der Waals surface area contributed by atoms with Gasteiger partial charge in [0, 0.05) is 12.3 Å². The van der Waals surface area contributed by atoms with Crippen LogP contribution in [0.15, 0.2) is 41.5 Å². The number of fused-ring (bicyclic) bond motifs is 1. The number of anilines is 1. The quantitative estimate of drug-likeness (QED) is 0.103. The van der Waals surface area contributed by atoms with E-state index in [0.29, 0.717) is 0 Å². The van der Waals surface area contributed by atoms with Crippen LogP contribution < -0.4 is 16.4 Å². The number of benzene rings is 1. The third-order valence-electron chi connectivity index (χ3n) is 6.67. The fourth-order valence-electron chi connectivity index (χ4n) is 4.10. The molecule has 5 atom stereocenters. The standard InChI is InChI=1S/C25H34ClN6O8PS/c1-24(2,13-33)22(36)42-10-9-38-41(37,29-11-15-7-5-4-6-8-15)39-12-16-18(34)25(3,26)21(40-16)32-14-28-17-19(32)30-23(27)31-20(17)35/h4-8,14,16,18,21,33-34H,9-13H2,1-3H3,(H,29,37)(H3,27,30,31,35). The van der Waals surface area contributed by atoms with Crippen molar-refractivity contribution in [2.45, 2.75) is 50.6 Å². The number of halogens is 1. The highest BCUT2D eigenvalue weighted by atomic mass is 35.5. The van der Waals surface area contributed by atoms with Crippen molar-refractivity contribution in [3.8, 4) is 0 Å². The van der Waals surface area contributed by atoms with Gasteiger partial charge in [-0.15, -0.1) is 11.6 Å². The minimum Gasteiger partial charge on any atom is -0.395 e. The van der Waals surface area contributed by atoms with Crippen LogP contribution in [0, 0.1) is 5.41 Å². The molecule has 230 valence electrons. The van der Waals surface area contributed by atoms with Crippen molar-refractivity contribution in [1.82, 2.24) is 24.6 Å². The van der Waals surface area contributed by atoms with Gasteiger partial charge in [-0.25, -0.2) is 14.6 Å². The number of aliphatic hydroxyl groups excluding tert-OH is 2. The van der Waals surface area contributed by atoms with Crippen molar-refractivity contribution in [3.63, 3.8) is 0 Å². The molecule has 1 aromatic carbocycles. The summed E-state index contributed by atoms with van der Waals surface area (Å²) in [7, 11) is -4.00. The smallest absolute Gasteiger partial charge is 0.395 e. The van der Waals surface area contributed by atoms with Crippen LogP contribution in [-0.4, -0.2) is 77.5 Å². The molecular formula is C25H34ClN6O8PS. The Morgan fingerprint density at radius 3 is 2.76 bits per heavy atom. The third kappa shape index (κ3) is 7.24. The number of carbonyl (C=O) groups is 1. The van der Waals surface area contributed by atoms with Crippen molar-refractivity contribution in [1.29, 1.82) is 0 Å². The number of alkyl halides is 1. The van der Waals surface area contributed by atoms with Gasteiger partial charge in [-0.2, -0.15) is 4.98 Å². The number of ether oxygens (including phenoxy) is 1. The second-order valence-electron chi connectivity index (χ2n) is 10.5. The maximum atomic E-state index is 13.7. The van der Waals surface area contributed by atoms with E-state index in [2.05, 4.69) is 20.0 Å². The molecule has 17 heteroatoms. The summed E-state index contributed by atoms with van der Waals surface area (Å²) in [6, 6.07) is 9.17. The zero-order valence-corrected chi connectivity index (χ0v) is 25.7. The number of aromatic nitrogens is 4. The number of imidazole rings is 1. The van der Waals surface area contributed by atoms with Gasteiger partial charge in [0.25, 0.3) is 5.56 Å². The Morgan fingerprint density at radius 2 is 2.07 bits per heavy atom. The minimum atomic E-state index is -4.00. The molecule has 0 amide bonds. The van der Waals surface area contributed by atoms with Crippen LogP contribution in [0.3, 0.4) is 0 Å². The summed E-state index contributed by atoms with van der Waals surface area (Å²) in [5.74, 6) is 0.0296. The number of thioether (sulfide) groups is 1. The van der Waals surface area contributed by atoms with Gasteiger partial charge in [0.2, 0.25) is 5.95 Å². The maximum Gasteiger partial charge on any atom is 0.405 e. The highest BCUT2D eigenvalue weighted by molar-refractivity contribution is 8.13. The molecule has 6 N–H and O–H groups in total. The summed E-state index contributed by atoms with van der Waals surface area (Å²) >= 11 is 7.68. The van der Waals surface area contributed by atoms with Gasteiger partial charge in [-0.05, 0) is 26.3 Å². The van der Waals surface area contributed by atoms with E-state index < -0.39 is 42.0 Å². The monoisotopic (exact) mass is 644 g/mol. The first kappa shape index (κ1) is 32.6. The second kappa shape index (κ2) is 13.1. The Kier molecular flexibility index (Phi) is 10.2. The predicted octanol–water partition coefficient (Wildman–Crippen LogP) is 2.17. The summed E-state index contributed by atoms with van der Waals surface area (Å²) in [4.78, 5) is 33.7. The van der Waals surface area contributed by atoms with Gasteiger partial charge in [0.1, 0.15) is 17.1 Å². The van der Waals surface area contributed by atoms with Crippen LogP contribution >= 0.6 is 31.1 Å². The van der Waals surface area contributed by atoms with Crippen LogP contribution in [0.4, 0.5) is 5.95 Å². The Hall–Kier alpha value is -2.33. The van der Waals surface area contributed by atoms with E-state index in [1.54, 1.807) is 13.8 Å². The van der Waals surface area contributed by atoms with E-state index in [0.717, 1.165) is 17.3 Å². The third-order valence-corrected chi connectivity index (χ3v) is 9.83. The lowest BCUT2D eigenvalue weighted by atomic mass is 9.97. The molecule has 4 rings (SSSR count). The van der Waals surface area contributed by atoms with Gasteiger partial charge in [0.15, 0.2) is 22.5 Å². The van der Waals surface area contributed by atoms with Crippen LogP contribution in [-0.2, 0) is 29.7 Å². The van der Waals surface area contributed by atoms with Gasteiger partial charge in [-0.3, -0.25) is 28.2 Å². The van der Waals surface area contributed by atoms with Crippen molar-refractivity contribution >= 4 is 53.3 Å². The van der Waals surface area contributed by atoms with Crippen molar-refractivity contribution in [3.05, 3.63) is 52.6 Å². The van der Waals surface area contributed by atoms with Gasteiger partial charge in [0.05, 0.1) is 31.6 Å². The van der Waals surface area contributed by atoms with Crippen LogP contribution in [0.1, 0.15) is 32.6 Å². The zero-order chi connectivity index (χ0) is 30.7. The number of rotatable bonds is 13. The molecule has 5 unspecified atom stereocenters. The molecule has 0 aliphatic carbocycles. The highest BCUT2D eigenvalue weighted by Gasteiger charge is 2.54. The molecule has 0 saturated carbocycles. The van der Waals surface area contributed by atoms with Crippen LogP contribution in [0.5, 0.6) is 0 Å². The lowest BCUT2D eigenvalue weighted by molar-refractivity contribution is -0.119. The second-order valence-corrected chi connectivity index (χ2v) is 14.2. The SMILES string of the molecule is CC(C)(CO)C(=O)SCCOP(=O)(NCc1ccccc1)OCC1OC(n2cnc3c(=O)[nH]c(N)nc32)C(C)(Cl)C1O. The minimum absolute atomic E-state index is 0.0104. The van der Waals surface area contributed by atoms with E-state index >= 15 is 0 Å². The van der Waals surface area contributed by atoms with Crippen molar-refractivity contribution in [2.24, 2.45) is 5.41 Å². The molecule has 0 spiro atoms. The summed E-state index contributed by atoms with van der Waals surface area (Å²) in [5, 5.41) is 23.0. The summed E-state index contributed by atoms with van der Waals surface area (Å²) in [6.07, 6.45) is -2.11. The maximum absolute atomic E-state index is 13.7. The predicted molar refractivity (Wildman–Crippen MR) is 158 cm³/mol. The van der Waals surface area contributed by atoms with Crippen LogP contribution in [0.2, 0.25) is 0 Å². The topological polar surface area (TPSA) is 204 Å². The van der Waals surface area contributed by atoms with E-state index in [9.17, 15) is 24.4 Å². The fourth-order valence-corrected chi connectivity index (χ4v) is 6.64. The molecule has 3 aromatic rings. The molecule has 14 nitrogen and oxygen atoms in total. The van der Waals surface area contributed by atoms with E-state index in [4.69, 9.17) is 31.1 Å². The number of hydrogen-bond acceptors (Lipinski definition) is 12. The molecule has 0 radical (unpaired) electrons. The Balaban J connectivity index is 1.46. The highest BCUT2D eigenvalue weighted by Crippen LogP contribution is 2.48. The largest absolute Gasteiger partial charge is 0.405 e. The summed E-state index contributed by atoms with van der Waals surface area (Å²) in [6.45, 7) is 4.14. The zero-order valence-electron chi connectivity index (χ0n) is 23.2. The Morgan fingerprint density at radius 1 is 1.36 bits per heavy atom. The fraction of sp³-hybridized carbons (Fsp3) is 0.520. The van der Waals surface area contributed by atoms with Gasteiger partial charge >= 0.3 is 7.75 Å². The molecule has 0 bridgehead atoms. The number of nitrogens with two attached hydrogens (primary N) is 1. The molecule has 42 heavy (non-hydrogen) atoms. The number of nitrogens with one attached hydrogen (secondary N) is 2. The Labute approximate surface area is 250 Å². The first-order valence-electron chi connectivity index (χ1n) is 13.0. The molecule has 1 aliphatic heterocycles. The first-order chi connectivity index (χ1) is 19.8. The average Bonchev–Trinajstić information content (AvgIpc) is 3.47. The number of nitrogens with zero attached hydrogens (tertiary/aromatic N) is 3. The number of aliphatic hydroxyl groups is 2. The molecule has 1 saturated heterocycles. The van der Waals surface area contributed by atoms with E-state index in [1.165, 1.54) is 17.8 Å². The summed E-state index contributed by atoms with van der Waals surface area (Å²) < 4.78 is 32.5. The molecule has 3 heterocycles. The Bertz CT molecular complexity index is 1500. The molecule has 1 aliphatic rings. The van der Waals surface area contributed by atoms with Crippen molar-refractivity contribution < 1.29 is 33.4 Å².